The van der Waals surface area contributed by atoms with Gasteiger partial charge in [-0.25, -0.2) is 0 Å². The van der Waals surface area contributed by atoms with Gasteiger partial charge in [0.15, 0.2) is 0 Å². The fraction of sp³-hybridized carbons (Fsp3) is 0.471. The number of thioether (sulfide) groups is 1. The highest BCUT2D eigenvalue weighted by molar-refractivity contribution is 7.99. The van der Waals surface area contributed by atoms with Crippen molar-refractivity contribution in [1.29, 1.82) is 0 Å². The average molecular weight is 593 g/mol. The van der Waals surface area contributed by atoms with Crippen molar-refractivity contribution in [3.8, 4) is 0 Å². The summed E-state index contributed by atoms with van der Waals surface area (Å²) in [5.41, 5.74) is 1.93. The van der Waals surface area contributed by atoms with E-state index in [1.807, 2.05) is 42.5 Å². The molecule has 41 heavy (non-hydrogen) atoms. The minimum Gasteiger partial charge on any atom is -0.391 e. The molecule has 3 aromatic rings. The molecule has 2 aliphatic rings. The number of hydrogen-bond donors (Lipinski definition) is 0. The van der Waals surface area contributed by atoms with E-state index in [-0.39, 0.29) is 39.9 Å². The number of fused-ring (bicyclic) bond motifs is 1. The Labute approximate surface area is 251 Å². The Morgan fingerprint density at radius 3 is 1.71 bits per heavy atom. The van der Waals surface area contributed by atoms with Gasteiger partial charge >= 0.3 is 8.56 Å². The van der Waals surface area contributed by atoms with Crippen molar-refractivity contribution in [1.82, 2.24) is 0 Å². The summed E-state index contributed by atoms with van der Waals surface area (Å²) in [5, 5.41) is -0.313. The summed E-state index contributed by atoms with van der Waals surface area (Å²) in [6.07, 6.45) is -1.29. The molecule has 0 radical (unpaired) electrons. The first-order valence-electron chi connectivity index (χ1n) is 14.6. The molecule has 0 aromatic heterocycles. The first-order chi connectivity index (χ1) is 19.6. The normalized spacial score (nSPS) is 26.3. The van der Waals surface area contributed by atoms with Gasteiger partial charge in [-0.3, -0.25) is 0 Å². The summed E-state index contributed by atoms with van der Waals surface area (Å²) < 4.78 is 34.5. The van der Waals surface area contributed by atoms with Gasteiger partial charge in [0.25, 0.3) is 0 Å². The molecule has 0 unspecified atom stereocenters. The average Bonchev–Trinajstić information content (AvgIpc) is 2.95. The maximum atomic E-state index is 7.27. The van der Waals surface area contributed by atoms with Gasteiger partial charge in [-0.1, -0.05) is 132 Å². The molecule has 0 saturated carbocycles. The molecule has 2 aliphatic heterocycles. The van der Waals surface area contributed by atoms with Gasteiger partial charge < -0.3 is 23.1 Å². The van der Waals surface area contributed by atoms with E-state index >= 15 is 0 Å². The Kier molecular flexibility index (Phi) is 9.46. The van der Waals surface area contributed by atoms with Crippen molar-refractivity contribution >= 4 is 20.3 Å². The lowest BCUT2D eigenvalue weighted by Gasteiger charge is -2.58. The smallest absolute Gasteiger partial charge is 0.349 e. The molecule has 0 aliphatic carbocycles. The molecule has 2 fully saturated rings. The van der Waals surface area contributed by atoms with Crippen LogP contribution in [0.1, 0.15) is 52.7 Å². The quantitative estimate of drug-likeness (QED) is 0.246. The van der Waals surface area contributed by atoms with Crippen LogP contribution in [0.15, 0.2) is 95.9 Å². The molecule has 0 N–H and O–H groups in total. The number of benzene rings is 3. The van der Waals surface area contributed by atoms with E-state index in [2.05, 4.69) is 90.1 Å². The van der Waals surface area contributed by atoms with E-state index in [4.69, 9.17) is 23.1 Å². The van der Waals surface area contributed by atoms with Crippen molar-refractivity contribution < 1.29 is 23.1 Å². The highest BCUT2D eigenvalue weighted by Crippen LogP contribution is 2.55. The SMILES string of the molecule is CC(C)(C)[Si]1(C(C)(C)C)OC[C@H]2O[C@H](Sc3ccccc3)[C@@H](OCc3ccccc3)[C@@H](OCc3ccccc3)[C@@H]2O1. The second-order valence-electron chi connectivity index (χ2n) is 13.0. The van der Waals surface area contributed by atoms with Crippen LogP contribution in [0.5, 0.6) is 0 Å². The highest BCUT2D eigenvalue weighted by Gasteiger charge is 2.65. The molecule has 3 aromatic carbocycles. The van der Waals surface area contributed by atoms with Gasteiger partial charge in [0.2, 0.25) is 0 Å². The minimum absolute atomic E-state index is 0.157. The molecule has 5 rings (SSSR count). The monoisotopic (exact) mass is 592 g/mol. The van der Waals surface area contributed by atoms with E-state index in [9.17, 15) is 0 Å². The lowest BCUT2D eigenvalue weighted by Crippen LogP contribution is -2.71. The summed E-state index contributed by atoms with van der Waals surface area (Å²) in [6.45, 7) is 14.9. The summed E-state index contributed by atoms with van der Waals surface area (Å²) >= 11 is 1.67. The van der Waals surface area contributed by atoms with Crippen molar-refractivity contribution in [3.05, 3.63) is 102 Å². The molecular formula is C34H44O5SSi. The molecule has 0 amide bonds. The first kappa shape index (κ1) is 30.5. The van der Waals surface area contributed by atoms with Gasteiger partial charge in [-0.2, -0.15) is 0 Å². The largest absolute Gasteiger partial charge is 0.391 e. The second kappa shape index (κ2) is 12.7. The molecule has 0 bridgehead atoms. The van der Waals surface area contributed by atoms with Crippen LogP contribution in [0.4, 0.5) is 0 Å². The van der Waals surface area contributed by atoms with Crippen LogP contribution in [-0.4, -0.2) is 45.0 Å². The zero-order chi connectivity index (χ0) is 29.1. The van der Waals surface area contributed by atoms with Crippen molar-refractivity contribution in [3.63, 3.8) is 0 Å². The Bertz CT molecular complexity index is 1210. The van der Waals surface area contributed by atoms with Gasteiger partial charge in [-0.15, -0.1) is 0 Å². The van der Waals surface area contributed by atoms with Crippen LogP contribution in [0, 0.1) is 0 Å². The van der Waals surface area contributed by atoms with Gasteiger partial charge in [0.05, 0.1) is 19.8 Å². The topological polar surface area (TPSA) is 46.2 Å². The first-order valence-corrected chi connectivity index (χ1v) is 17.3. The summed E-state index contributed by atoms with van der Waals surface area (Å²) in [5.74, 6) is 0. The minimum atomic E-state index is -2.78. The molecule has 5 atom stereocenters. The predicted octanol–water partition coefficient (Wildman–Crippen LogP) is 8.13. The van der Waals surface area contributed by atoms with Crippen LogP contribution in [0.3, 0.4) is 0 Å². The van der Waals surface area contributed by atoms with Crippen LogP contribution in [0.2, 0.25) is 10.1 Å². The fourth-order valence-corrected chi connectivity index (χ4v) is 12.2. The zero-order valence-electron chi connectivity index (χ0n) is 25.1. The van der Waals surface area contributed by atoms with Crippen molar-refractivity contribution in [2.45, 2.75) is 99.6 Å². The summed E-state index contributed by atoms with van der Waals surface area (Å²) in [6, 6.07) is 31.0. The van der Waals surface area contributed by atoms with E-state index in [1.54, 1.807) is 11.8 Å². The highest BCUT2D eigenvalue weighted by atomic mass is 32.2. The fourth-order valence-electron chi connectivity index (χ4n) is 6.12. The lowest BCUT2D eigenvalue weighted by molar-refractivity contribution is -0.250. The number of ether oxygens (including phenoxy) is 3. The molecule has 2 heterocycles. The molecule has 7 heteroatoms. The van der Waals surface area contributed by atoms with E-state index < -0.39 is 8.56 Å². The Morgan fingerprint density at radius 1 is 0.707 bits per heavy atom. The second-order valence-corrected chi connectivity index (χ2v) is 18.9. The standard InChI is InChI=1S/C34H44O5SSi/c1-33(2,3)41(34(4,5)6)37-24-28-29(39-41)30(35-22-25-16-10-7-11-17-25)31(36-23-26-18-12-8-13-19-26)32(38-28)40-27-20-14-9-15-21-27/h7-21,28-32H,22-24H2,1-6H3/t28-,29-,30+,31+,32-/m1/s1. The Hall–Kier alpha value is -1.97. The molecule has 2 saturated heterocycles. The Balaban J connectivity index is 1.51. The van der Waals surface area contributed by atoms with E-state index in [0.717, 1.165) is 16.0 Å². The van der Waals surface area contributed by atoms with Gasteiger partial charge in [0, 0.05) is 15.0 Å². The number of hydrogen-bond acceptors (Lipinski definition) is 6. The molecule has 5 nitrogen and oxygen atoms in total. The third-order valence-corrected chi connectivity index (χ3v) is 14.2. The maximum absolute atomic E-state index is 7.27. The van der Waals surface area contributed by atoms with Crippen molar-refractivity contribution in [2.24, 2.45) is 0 Å². The molecule has 220 valence electrons. The summed E-state index contributed by atoms with van der Waals surface area (Å²) in [4.78, 5) is 1.12. The predicted molar refractivity (Wildman–Crippen MR) is 167 cm³/mol. The van der Waals surface area contributed by atoms with E-state index in [1.165, 1.54) is 0 Å². The maximum Gasteiger partial charge on any atom is 0.349 e. The zero-order valence-corrected chi connectivity index (χ0v) is 26.9. The lowest BCUT2D eigenvalue weighted by atomic mass is 9.99. The molecular weight excluding hydrogens is 549 g/mol. The van der Waals surface area contributed by atoms with Gasteiger partial charge in [-0.05, 0) is 23.3 Å². The van der Waals surface area contributed by atoms with Crippen molar-refractivity contribution in [2.75, 3.05) is 6.61 Å². The van der Waals surface area contributed by atoms with Crippen LogP contribution >= 0.6 is 11.8 Å². The third kappa shape index (κ3) is 6.83. The third-order valence-electron chi connectivity index (χ3n) is 7.88. The van der Waals surface area contributed by atoms with Gasteiger partial charge in [0.1, 0.15) is 29.9 Å². The van der Waals surface area contributed by atoms with Crippen LogP contribution in [-0.2, 0) is 36.3 Å². The Morgan fingerprint density at radius 2 is 1.20 bits per heavy atom. The van der Waals surface area contributed by atoms with Crippen LogP contribution in [0.25, 0.3) is 0 Å². The number of rotatable bonds is 8. The molecule has 0 spiro atoms. The van der Waals surface area contributed by atoms with E-state index in [0.29, 0.717) is 19.8 Å². The summed E-state index contributed by atoms with van der Waals surface area (Å²) in [7, 11) is -2.78. The van der Waals surface area contributed by atoms with Crippen LogP contribution < -0.4 is 0 Å².